The molecule has 7 heteroatoms. The first kappa shape index (κ1) is 35.7. The van der Waals surface area contributed by atoms with E-state index in [-0.39, 0.29) is 16.9 Å². The maximum Gasteiger partial charge on any atom is 0.271 e. The van der Waals surface area contributed by atoms with Gasteiger partial charge >= 0.3 is 0 Å². The molecule has 0 aliphatic carbocycles. The minimum atomic E-state index is -0.476. The number of imide groups is 1. The van der Waals surface area contributed by atoms with Gasteiger partial charge in [0.2, 0.25) is 0 Å². The van der Waals surface area contributed by atoms with E-state index in [9.17, 15) is 14.9 Å². The summed E-state index contributed by atoms with van der Waals surface area (Å²) < 4.78 is 0. The minimum Gasteiger partial charge on any atom is -0.348 e. The summed E-state index contributed by atoms with van der Waals surface area (Å²) in [5.74, 6) is -0.786. The first-order chi connectivity index (χ1) is 20.1. The molecule has 6 nitrogen and oxygen atoms in total. The Morgan fingerprint density at radius 3 is 1.86 bits per heavy atom. The van der Waals surface area contributed by atoms with Crippen molar-refractivity contribution in [2.75, 3.05) is 24.5 Å². The topological polar surface area (TPSA) is 77.3 Å². The van der Waals surface area contributed by atoms with Crippen LogP contribution in [0.5, 0.6) is 0 Å². The highest BCUT2D eigenvalue weighted by atomic mass is 32.1. The Kier molecular flexibility index (Phi) is 15.5. The van der Waals surface area contributed by atoms with Crippen LogP contribution in [0, 0.1) is 11.3 Å². The Hall–Kier alpha value is -2.46. The number of nitriles is 1. The third-order valence-electron chi connectivity index (χ3n) is 8.02. The largest absolute Gasteiger partial charge is 0.348 e. The van der Waals surface area contributed by atoms with Crippen LogP contribution in [-0.2, 0) is 15.0 Å². The number of carbonyl (C=O) groups is 2. The van der Waals surface area contributed by atoms with Crippen LogP contribution in [0.3, 0.4) is 0 Å². The van der Waals surface area contributed by atoms with Gasteiger partial charge in [-0.3, -0.25) is 14.5 Å². The standard InChI is InChI=1S/C35H56N4O2S/c1-8-11-14-16-18-20-22-38(23-21-19-17-15-12-9-2)34-37-31(35(5,6)7)30(42-34)25-28-27(4)29(26-36)33(41)39(32(28)40)24-13-10-3/h25H,8-24H2,1-7H3/b28-25-. The molecule has 0 N–H and O–H groups in total. The molecule has 42 heavy (non-hydrogen) atoms. The van der Waals surface area contributed by atoms with Crippen LogP contribution in [0.4, 0.5) is 5.13 Å². The summed E-state index contributed by atoms with van der Waals surface area (Å²) in [4.78, 5) is 36.4. The highest BCUT2D eigenvalue weighted by molar-refractivity contribution is 7.16. The molecule has 1 aliphatic rings. The number of amides is 2. The van der Waals surface area contributed by atoms with E-state index in [0.29, 0.717) is 24.1 Å². The molecule has 2 amide bonds. The number of unbranched alkanes of at least 4 members (excludes halogenated alkanes) is 11. The summed E-state index contributed by atoms with van der Waals surface area (Å²) in [6.45, 7) is 17.0. The third-order valence-corrected chi connectivity index (χ3v) is 9.09. The predicted octanol–water partition coefficient (Wildman–Crippen LogP) is 9.36. The zero-order chi connectivity index (χ0) is 31.1. The fourth-order valence-corrected chi connectivity index (χ4v) is 6.61. The van der Waals surface area contributed by atoms with Gasteiger partial charge in [0.1, 0.15) is 11.6 Å². The molecule has 0 aromatic carbocycles. The molecule has 0 saturated carbocycles. The summed E-state index contributed by atoms with van der Waals surface area (Å²) in [5, 5.41) is 10.8. The van der Waals surface area contributed by atoms with Crippen molar-refractivity contribution in [2.45, 2.75) is 144 Å². The fourth-order valence-electron chi connectivity index (χ4n) is 5.34. The highest BCUT2D eigenvalue weighted by Crippen LogP contribution is 2.38. The van der Waals surface area contributed by atoms with Gasteiger partial charge in [-0.25, -0.2) is 4.98 Å². The van der Waals surface area contributed by atoms with Crippen molar-refractivity contribution < 1.29 is 9.59 Å². The quantitative estimate of drug-likeness (QED) is 0.0903. The number of rotatable bonds is 19. The molecule has 0 fully saturated rings. The Balaban J connectivity index is 2.43. The molecular formula is C35H56N4O2S. The number of aromatic nitrogens is 1. The Morgan fingerprint density at radius 1 is 0.833 bits per heavy atom. The smallest absolute Gasteiger partial charge is 0.271 e. The summed E-state index contributed by atoms with van der Waals surface area (Å²) >= 11 is 1.64. The Bertz CT molecular complexity index is 1100. The first-order valence-corrected chi connectivity index (χ1v) is 17.4. The second-order valence-corrected chi connectivity index (χ2v) is 13.8. The van der Waals surface area contributed by atoms with Crippen LogP contribution in [0.1, 0.15) is 149 Å². The molecule has 1 aromatic heterocycles. The van der Waals surface area contributed by atoms with Crippen molar-refractivity contribution in [1.82, 2.24) is 9.88 Å². The lowest BCUT2D eigenvalue weighted by molar-refractivity contribution is -0.140. The van der Waals surface area contributed by atoms with Crippen LogP contribution >= 0.6 is 11.3 Å². The van der Waals surface area contributed by atoms with Crippen LogP contribution in [0.25, 0.3) is 6.08 Å². The van der Waals surface area contributed by atoms with Gasteiger partial charge in [0, 0.05) is 30.6 Å². The normalized spacial score (nSPS) is 15.2. The number of thiazole rings is 1. The lowest BCUT2D eigenvalue weighted by Crippen LogP contribution is -2.43. The lowest BCUT2D eigenvalue weighted by atomic mass is 9.89. The van der Waals surface area contributed by atoms with Crippen LogP contribution in [-0.4, -0.2) is 41.3 Å². The average molecular weight is 597 g/mol. The van der Waals surface area contributed by atoms with Gasteiger partial charge in [-0.05, 0) is 37.8 Å². The lowest BCUT2D eigenvalue weighted by Gasteiger charge is -2.27. The van der Waals surface area contributed by atoms with E-state index in [2.05, 4.69) is 45.6 Å². The van der Waals surface area contributed by atoms with Gasteiger partial charge in [-0.1, -0.05) is 124 Å². The van der Waals surface area contributed by atoms with Crippen molar-refractivity contribution in [1.29, 1.82) is 5.26 Å². The number of hydrogen-bond acceptors (Lipinski definition) is 6. The maximum absolute atomic E-state index is 13.6. The van der Waals surface area contributed by atoms with Gasteiger partial charge in [0.15, 0.2) is 5.13 Å². The van der Waals surface area contributed by atoms with E-state index in [1.54, 1.807) is 18.3 Å². The van der Waals surface area contributed by atoms with Gasteiger partial charge < -0.3 is 4.90 Å². The number of nitrogens with zero attached hydrogens (tertiary/aromatic N) is 4. The summed E-state index contributed by atoms with van der Waals surface area (Å²) in [6, 6.07) is 2.07. The average Bonchev–Trinajstić information content (AvgIpc) is 3.38. The number of hydrogen-bond donors (Lipinski definition) is 0. The van der Waals surface area contributed by atoms with Gasteiger partial charge in [0.25, 0.3) is 11.8 Å². The molecule has 1 aromatic rings. The van der Waals surface area contributed by atoms with E-state index >= 15 is 0 Å². The molecule has 2 heterocycles. The monoisotopic (exact) mass is 596 g/mol. The van der Waals surface area contributed by atoms with E-state index in [1.165, 1.54) is 69.1 Å². The minimum absolute atomic E-state index is 0.0618. The van der Waals surface area contributed by atoms with Gasteiger partial charge in [0.05, 0.1) is 10.6 Å². The Morgan fingerprint density at radius 2 is 1.36 bits per heavy atom. The number of carbonyl (C=O) groups excluding carboxylic acids is 2. The SMILES string of the molecule is CCCCCCCCN(CCCCCCCC)c1nc(C(C)(C)C)c(/C=C2\C(=O)N(CCCC)C(=O)C(C#N)=C2C)s1. The molecule has 2 rings (SSSR count). The molecule has 0 radical (unpaired) electrons. The molecule has 0 atom stereocenters. The summed E-state index contributed by atoms with van der Waals surface area (Å²) in [6.07, 6.45) is 18.6. The van der Waals surface area contributed by atoms with E-state index < -0.39 is 5.91 Å². The molecular weight excluding hydrogens is 540 g/mol. The third kappa shape index (κ3) is 10.4. The molecule has 1 aliphatic heterocycles. The van der Waals surface area contributed by atoms with E-state index in [0.717, 1.165) is 48.1 Å². The van der Waals surface area contributed by atoms with Crippen LogP contribution < -0.4 is 4.90 Å². The van der Waals surface area contributed by atoms with Crippen molar-refractivity contribution in [2.24, 2.45) is 0 Å². The molecule has 234 valence electrons. The molecule has 0 saturated heterocycles. The van der Waals surface area contributed by atoms with Crippen molar-refractivity contribution in [3.8, 4) is 6.07 Å². The zero-order valence-electron chi connectivity index (χ0n) is 27.6. The van der Waals surface area contributed by atoms with Crippen LogP contribution in [0.2, 0.25) is 0 Å². The molecule has 0 bridgehead atoms. The number of anilines is 1. The first-order valence-electron chi connectivity index (χ1n) is 16.6. The van der Waals surface area contributed by atoms with Crippen molar-refractivity contribution in [3.05, 3.63) is 27.3 Å². The maximum atomic E-state index is 13.6. The van der Waals surface area contributed by atoms with Crippen molar-refractivity contribution >= 4 is 34.4 Å². The predicted molar refractivity (Wildman–Crippen MR) is 178 cm³/mol. The van der Waals surface area contributed by atoms with E-state index in [1.807, 2.05) is 13.0 Å². The van der Waals surface area contributed by atoms with E-state index in [4.69, 9.17) is 4.98 Å². The van der Waals surface area contributed by atoms with Crippen molar-refractivity contribution in [3.63, 3.8) is 0 Å². The fraction of sp³-hybridized carbons (Fsp3) is 0.714. The van der Waals surface area contributed by atoms with Gasteiger partial charge in [-0.2, -0.15) is 5.26 Å². The molecule has 0 spiro atoms. The molecule has 0 unspecified atom stereocenters. The second kappa shape index (κ2) is 18.3. The summed E-state index contributed by atoms with van der Waals surface area (Å²) in [7, 11) is 0. The Labute approximate surface area is 260 Å². The van der Waals surface area contributed by atoms with Gasteiger partial charge in [-0.15, -0.1) is 0 Å². The second-order valence-electron chi connectivity index (χ2n) is 12.8. The van der Waals surface area contributed by atoms with Crippen LogP contribution in [0.15, 0.2) is 16.7 Å². The highest BCUT2D eigenvalue weighted by Gasteiger charge is 2.36. The summed E-state index contributed by atoms with van der Waals surface area (Å²) in [5.41, 5.74) is 1.69. The zero-order valence-corrected chi connectivity index (χ0v) is 28.4.